The Kier molecular flexibility index (Phi) is 7.30. The topological polar surface area (TPSA) is 46.1 Å². The normalized spacial score (nSPS) is 22.6. The molecule has 0 spiro atoms. The Hall–Kier alpha value is -0.810. The van der Waals surface area contributed by atoms with Crippen LogP contribution in [0.4, 0.5) is 0 Å². The fourth-order valence-electron chi connectivity index (χ4n) is 2.92. The Morgan fingerprint density at radius 3 is 2.62 bits per heavy atom. The Labute approximate surface area is 129 Å². The molecule has 0 aliphatic carbocycles. The van der Waals surface area contributed by atoms with Crippen molar-refractivity contribution in [2.24, 2.45) is 10.9 Å². The lowest BCUT2D eigenvalue weighted by atomic mass is 10.00. The van der Waals surface area contributed by atoms with E-state index in [1.54, 1.807) is 0 Å². The van der Waals surface area contributed by atoms with Gasteiger partial charge in [-0.05, 0) is 38.0 Å². The van der Waals surface area contributed by atoms with Crippen LogP contribution in [0.1, 0.15) is 39.0 Å². The van der Waals surface area contributed by atoms with Gasteiger partial charge in [0.25, 0.3) is 0 Å². The minimum absolute atomic E-state index is 0.404. The second kappa shape index (κ2) is 9.26. The average Bonchev–Trinajstić information content (AvgIpc) is 2.53. The van der Waals surface area contributed by atoms with Gasteiger partial charge in [0.05, 0.1) is 6.10 Å². The van der Waals surface area contributed by atoms with Gasteiger partial charge in [0.15, 0.2) is 5.96 Å². The van der Waals surface area contributed by atoms with Crippen LogP contribution in [0.25, 0.3) is 0 Å². The predicted molar refractivity (Wildman–Crippen MR) is 85.7 cm³/mol. The standard InChI is InChI=1S/C16H31N3O2/c1-14-4-9-19(10-5-14)16(17-2)18-8-3-11-21-15-6-12-20-13-7-15/h14-15H,3-13H2,1-2H3,(H,17,18). The zero-order chi connectivity index (χ0) is 14.9. The van der Waals surface area contributed by atoms with Gasteiger partial charge in [-0.15, -0.1) is 0 Å². The summed E-state index contributed by atoms with van der Waals surface area (Å²) in [7, 11) is 1.87. The number of nitrogens with zero attached hydrogens (tertiary/aromatic N) is 2. The lowest BCUT2D eigenvalue weighted by Crippen LogP contribution is -2.45. The number of aliphatic imine (C=N–C) groups is 1. The molecule has 0 aromatic carbocycles. The average molecular weight is 297 g/mol. The van der Waals surface area contributed by atoms with Gasteiger partial charge in [0.2, 0.25) is 0 Å². The molecule has 2 fully saturated rings. The van der Waals surface area contributed by atoms with Gasteiger partial charge in [-0.1, -0.05) is 6.92 Å². The number of likely N-dealkylation sites (tertiary alicyclic amines) is 1. The minimum Gasteiger partial charge on any atom is -0.381 e. The first-order valence-electron chi connectivity index (χ1n) is 8.44. The largest absolute Gasteiger partial charge is 0.381 e. The Bertz CT molecular complexity index is 309. The van der Waals surface area contributed by atoms with Crippen LogP contribution < -0.4 is 5.32 Å². The highest BCUT2D eigenvalue weighted by Gasteiger charge is 2.18. The molecule has 0 amide bonds. The number of piperidine rings is 1. The Morgan fingerprint density at radius 1 is 1.24 bits per heavy atom. The molecule has 2 heterocycles. The van der Waals surface area contributed by atoms with Crippen LogP contribution in [0.5, 0.6) is 0 Å². The maximum Gasteiger partial charge on any atom is 0.193 e. The molecular formula is C16H31N3O2. The monoisotopic (exact) mass is 297 g/mol. The first kappa shape index (κ1) is 16.6. The molecule has 2 saturated heterocycles. The molecule has 0 unspecified atom stereocenters. The zero-order valence-electron chi connectivity index (χ0n) is 13.6. The third-order valence-corrected chi connectivity index (χ3v) is 4.42. The summed E-state index contributed by atoms with van der Waals surface area (Å²) in [6, 6.07) is 0. The van der Waals surface area contributed by atoms with Crippen molar-refractivity contribution >= 4 is 5.96 Å². The summed E-state index contributed by atoms with van der Waals surface area (Å²) < 4.78 is 11.2. The number of hydrogen-bond acceptors (Lipinski definition) is 3. The molecule has 5 nitrogen and oxygen atoms in total. The van der Waals surface area contributed by atoms with E-state index in [1.165, 1.54) is 12.8 Å². The van der Waals surface area contributed by atoms with Crippen LogP contribution in [-0.4, -0.2) is 63.5 Å². The van der Waals surface area contributed by atoms with E-state index in [4.69, 9.17) is 9.47 Å². The van der Waals surface area contributed by atoms with E-state index < -0.39 is 0 Å². The Morgan fingerprint density at radius 2 is 1.95 bits per heavy atom. The summed E-state index contributed by atoms with van der Waals surface area (Å²) in [4.78, 5) is 6.77. The molecule has 0 radical (unpaired) electrons. The predicted octanol–water partition coefficient (Wildman–Crippen LogP) is 1.88. The van der Waals surface area contributed by atoms with Gasteiger partial charge in [-0.25, -0.2) is 0 Å². The highest BCUT2D eigenvalue weighted by Crippen LogP contribution is 2.15. The molecule has 2 aliphatic heterocycles. The van der Waals surface area contributed by atoms with Gasteiger partial charge in [0.1, 0.15) is 0 Å². The fourth-order valence-corrected chi connectivity index (χ4v) is 2.92. The molecule has 0 bridgehead atoms. The lowest BCUT2D eigenvalue weighted by Gasteiger charge is -2.33. The van der Waals surface area contributed by atoms with Crippen molar-refractivity contribution in [1.82, 2.24) is 10.2 Å². The summed E-state index contributed by atoms with van der Waals surface area (Å²) in [5.74, 6) is 1.90. The second-order valence-corrected chi connectivity index (χ2v) is 6.18. The lowest BCUT2D eigenvalue weighted by molar-refractivity contribution is -0.0320. The van der Waals surface area contributed by atoms with Crippen LogP contribution in [0.15, 0.2) is 4.99 Å². The van der Waals surface area contributed by atoms with Crippen molar-refractivity contribution in [2.45, 2.75) is 45.1 Å². The van der Waals surface area contributed by atoms with Crippen molar-refractivity contribution in [2.75, 3.05) is 46.5 Å². The summed E-state index contributed by atoms with van der Waals surface area (Å²) in [6.07, 6.45) is 6.06. The van der Waals surface area contributed by atoms with Gasteiger partial charge < -0.3 is 19.7 Å². The molecular weight excluding hydrogens is 266 g/mol. The van der Waals surface area contributed by atoms with Gasteiger partial charge in [-0.2, -0.15) is 0 Å². The van der Waals surface area contributed by atoms with Gasteiger partial charge in [0, 0.05) is 46.5 Å². The number of ether oxygens (including phenoxy) is 2. The first-order chi connectivity index (χ1) is 10.3. The molecule has 21 heavy (non-hydrogen) atoms. The molecule has 2 aliphatic rings. The SMILES string of the molecule is CN=C(NCCCOC1CCOCC1)N1CCC(C)CC1. The number of rotatable bonds is 5. The van der Waals surface area contributed by atoms with E-state index in [9.17, 15) is 0 Å². The summed E-state index contributed by atoms with van der Waals surface area (Å²) in [5, 5.41) is 3.46. The number of guanidine groups is 1. The van der Waals surface area contributed by atoms with E-state index in [2.05, 4.69) is 22.1 Å². The molecule has 0 aromatic rings. The number of nitrogens with one attached hydrogen (secondary N) is 1. The van der Waals surface area contributed by atoms with Crippen LogP contribution in [0.3, 0.4) is 0 Å². The highest BCUT2D eigenvalue weighted by molar-refractivity contribution is 5.79. The maximum atomic E-state index is 5.88. The van der Waals surface area contributed by atoms with Crippen LogP contribution >= 0.6 is 0 Å². The zero-order valence-corrected chi connectivity index (χ0v) is 13.6. The molecule has 0 aromatic heterocycles. The summed E-state index contributed by atoms with van der Waals surface area (Å²) in [6.45, 7) is 8.04. The van der Waals surface area contributed by atoms with E-state index in [-0.39, 0.29) is 0 Å². The van der Waals surface area contributed by atoms with E-state index in [1.807, 2.05) is 7.05 Å². The van der Waals surface area contributed by atoms with Crippen LogP contribution in [0, 0.1) is 5.92 Å². The molecule has 1 N–H and O–H groups in total. The third kappa shape index (κ3) is 5.83. The van der Waals surface area contributed by atoms with Crippen molar-refractivity contribution in [3.8, 4) is 0 Å². The minimum atomic E-state index is 0.404. The number of hydrogen-bond donors (Lipinski definition) is 1. The highest BCUT2D eigenvalue weighted by atomic mass is 16.5. The second-order valence-electron chi connectivity index (χ2n) is 6.18. The Balaban J connectivity index is 1.56. The van der Waals surface area contributed by atoms with Crippen molar-refractivity contribution in [1.29, 1.82) is 0 Å². The molecule has 0 atom stereocenters. The van der Waals surface area contributed by atoms with Gasteiger partial charge in [-0.3, -0.25) is 4.99 Å². The molecule has 122 valence electrons. The van der Waals surface area contributed by atoms with E-state index in [0.717, 1.165) is 70.6 Å². The molecule has 5 heteroatoms. The van der Waals surface area contributed by atoms with Crippen LogP contribution in [-0.2, 0) is 9.47 Å². The van der Waals surface area contributed by atoms with Gasteiger partial charge >= 0.3 is 0 Å². The van der Waals surface area contributed by atoms with Crippen molar-refractivity contribution < 1.29 is 9.47 Å². The quantitative estimate of drug-likeness (QED) is 0.478. The third-order valence-electron chi connectivity index (χ3n) is 4.42. The summed E-state index contributed by atoms with van der Waals surface area (Å²) >= 11 is 0. The molecule has 2 rings (SSSR count). The van der Waals surface area contributed by atoms with Crippen LogP contribution in [0.2, 0.25) is 0 Å². The van der Waals surface area contributed by atoms with Crippen molar-refractivity contribution in [3.05, 3.63) is 0 Å². The van der Waals surface area contributed by atoms with E-state index >= 15 is 0 Å². The van der Waals surface area contributed by atoms with E-state index in [0.29, 0.717) is 6.10 Å². The first-order valence-corrected chi connectivity index (χ1v) is 8.44. The smallest absolute Gasteiger partial charge is 0.193 e. The summed E-state index contributed by atoms with van der Waals surface area (Å²) in [5.41, 5.74) is 0. The fraction of sp³-hybridized carbons (Fsp3) is 0.938. The molecule has 0 saturated carbocycles. The van der Waals surface area contributed by atoms with Crippen molar-refractivity contribution in [3.63, 3.8) is 0 Å². The maximum absolute atomic E-state index is 5.88.